The molecule has 3 heterocycles. The lowest BCUT2D eigenvalue weighted by Crippen LogP contribution is -2.31. The van der Waals surface area contributed by atoms with Gasteiger partial charge in [-0.25, -0.2) is 4.98 Å². The third-order valence-electron chi connectivity index (χ3n) is 3.64. The number of aryl methyl sites for hydroxylation is 1. The third kappa shape index (κ3) is 2.59. The first-order valence-electron chi connectivity index (χ1n) is 6.95. The Kier molecular flexibility index (Phi) is 3.79. The van der Waals surface area contributed by atoms with Crippen LogP contribution in [0.4, 0.5) is 0 Å². The van der Waals surface area contributed by atoms with E-state index in [9.17, 15) is 4.79 Å². The van der Waals surface area contributed by atoms with Crippen molar-refractivity contribution < 1.29 is 4.74 Å². The molecule has 108 valence electrons. The Hall–Kier alpha value is -1.73. The van der Waals surface area contributed by atoms with Gasteiger partial charge < -0.3 is 10.1 Å². The SMILES string of the molecule is Cn1ncc2c(=O)n(CCNCC3CCCO3)cnc21. The topological polar surface area (TPSA) is 74.0 Å². The molecule has 1 N–H and O–H groups in total. The van der Waals surface area contributed by atoms with Crippen LogP contribution >= 0.6 is 0 Å². The number of nitrogens with zero attached hydrogens (tertiary/aromatic N) is 4. The van der Waals surface area contributed by atoms with Gasteiger partial charge in [-0.3, -0.25) is 14.0 Å². The van der Waals surface area contributed by atoms with Gasteiger partial charge in [0.2, 0.25) is 0 Å². The van der Waals surface area contributed by atoms with Crippen LogP contribution in [0.25, 0.3) is 11.0 Å². The van der Waals surface area contributed by atoms with Crippen molar-refractivity contribution in [1.29, 1.82) is 0 Å². The van der Waals surface area contributed by atoms with Crippen LogP contribution in [0.2, 0.25) is 0 Å². The summed E-state index contributed by atoms with van der Waals surface area (Å²) in [5.41, 5.74) is 0.584. The van der Waals surface area contributed by atoms with E-state index >= 15 is 0 Å². The average molecular weight is 277 g/mol. The highest BCUT2D eigenvalue weighted by Crippen LogP contribution is 2.10. The van der Waals surface area contributed by atoms with Crippen LogP contribution in [0, 0.1) is 0 Å². The number of nitrogens with one attached hydrogen (secondary N) is 1. The summed E-state index contributed by atoms with van der Waals surface area (Å²) in [6.45, 7) is 3.04. The van der Waals surface area contributed by atoms with Crippen molar-refractivity contribution in [3.05, 3.63) is 22.9 Å². The maximum atomic E-state index is 12.2. The predicted octanol–water partition coefficient (Wildman–Crippen LogP) is -0.101. The van der Waals surface area contributed by atoms with Crippen LogP contribution in [0.1, 0.15) is 12.8 Å². The van der Waals surface area contributed by atoms with Crippen LogP contribution in [0.15, 0.2) is 17.3 Å². The molecule has 0 spiro atoms. The zero-order valence-electron chi connectivity index (χ0n) is 11.6. The molecular formula is C13H19N5O2. The fourth-order valence-corrected chi connectivity index (χ4v) is 2.49. The standard InChI is InChI=1S/C13H19N5O2/c1-17-12-11(8-16-17)13(19)18(9-15-12)5-4-14-7-10-3-2-6-20-10/h8-10,14H,2-7H2,1H3. The molecule has 20 heavy (non-hydrogen) atoms. The molecule has 1 saturated heterocycles. The smallest absolute Gasteiger partial charge is 0.264 e. The molecule has 0 aliphatic carbocycles. The molecule has 0 saturated carbocycles. The molecule has 3 rings (SSSR count). The number of aromatic nitrogens is 4. The monoisotopic (exact) mass is 277 g/mol. The molecule has 1 atom stereocenters. The largest absolute Gasteiger partial charge is 0.377 e. The zero-order chi connectivity index (χ0) is 13.9. The van der Waals surface area contributed by atoms with Gasteiger partial charge in [-0.2, -0.15) is 5.10 Å². The molecule has 2 aromatic heterocycles. The maximum absolute atomic E-state index is 12.2. The molecule has 0 aromatic carbocycles. The summed E-state index contributed by atoms with van der Waals surface area (Å²) < 4.78 is 8.76. The molecule has 1 unspecified atom stereocenters. The Bertz CT molecular complexity index is 642. The second kappa shape index (κ2) is 5.72. The number of ether oxygens (including phenoxy) is 1. The molecule has 1 fully saturated rings. The Labute approximate surface area is 116 Å². The van der Waals surface area contributed by atoms with Crippen molar-refractivity contribution in [2.75, 3.05) is 19.7 Å². The minimum absolute atomic E-state index is 0.0398. The quantitative estimate of drug-likeness (QED) is 0.773. The van der Waals surface area contributed by atoms with Gasteiger partial charge >= 0.3 is 0 Å². The molecule has 7 heteroatoms. The molecule has 0 radical (unpaired) electrons. The summed E-state index contributed by atoms with van der Waals surface area (Å²) >= 11 is 0. The summed E-state index contributed by atoms with van der Waals surface area (Å²) in [5, 5.41) is 7.94. The van der Waals surface area contributed by atoms with Crippen LogP contribution in [0.3, 0.4) is 0 Å². The van der Waals surface area contributed by atoms with E-state index in [-0.39, 0.29) is 5.56 Å². The summed E-state index contributed by atoms with van der Waals surface area (Å²) in [6, 6.07) is 0. The number of fused-ring (bicyclic) bond motifs is 1. The maximum Gasteiger partial charge on any atom is 0.264 e. The van der Waals surface area contributed by atoms with Gasteiger partial charge in [-0.15, -0.1) is 0 Å². The van der Waals surface area contributed by atoms with Gasteiger partial charge in [0.25, 0.3) is 5.56 Å². The van der Waals surface area contributed by atoms with E-state index in [1.54, 1.807) is 28.8 Å². The first-order valence-corrected chi connectivity index (χ1v) is 6.95. The van der Waals surface area contributed by atoms with Gasteiger partial charge in [0, 0.05) is 33.3 Å². The first-order chi connectivity index (χ1) is 9.75. The Balaban J connectivity index is 1.60. The molecule has 7 nitrogen and oxygen atoms in total. The Morgan fingerprint density at radius 1 is 1.55 bits per heavy atom. The van der Waals surface area contributed by atoms with Gasteiger partial charge in [-0.05, 0) is 12.8 Å². The minimum Gasteiger partial charge on any atom is -0.377 e. The second-order valence-electron chi connectivity index (χ2n) is 5.09. The molecule has 0 amide bonds. The van der Waals surface area contributed by atoms with E-state index in [2.05, 4.69) is 15.4 Å². The number of hydrogen-bond donors (Lipinski definition) is 1. The van der Waals surface area contributed by atoms with E-state index in [1.807, 2.05) is 0 Å². The van der Waals surface area contributed by atoms with Crippen LogP contribution in [-0.2, 0) is 18.3 Å². The first kappa shape index (κ1) is 13.3. The van der Waals surface area contributed by atoms with E-state index in [1.165, 1.54) is 0 Å². The third-order valence-corrected chi connectivity index (χ3v) is 3.64. The van der Waals surface area contributed by atoms with Crippen molar-refractivity contribution in [2.24, 2.45) is 7.05 Å². The van der Waals surface area contributed by atoms with Crippen LogP contribution in [0.5, 0.6) is 0 Å². The highest BCUT2D eigenvalue weighted by molar-refractivity contribution is 5.72. The zero-order valence-corrected chi connectivity index (χ0v) is 11.6. The number of rotatable bonds is 5. The summed E-state index contributed by atoms with van der Waals surface area (Å²) in [4.78, 5) is 16.5. The fourth-order valence-electron chi connectivity index (χ4n) is 2.49. The normalized spacial score (nSPS) is 18.9. The van der Waals surface area contributed by atoms with E-state index in [4.69, 9.17) is 4.74 Å². The van der Waals surface area contributed by atoms with Gasteiger partial charge in [0.1, 0.15) is 11.7 Å². The summed E-state index contributed by atoms with van der Waals surface area (Å²) in [7, 11) is 1.78. The molecule has 1 aliphatic heterocycles. The lowest BCUT2D eigenvalue weighted by atomic mass is 10.2. The van der Waals surface area contributed by atoms with Crippen molar-refractivity contribution in [3.8, 4) is 0 Å². The van der Waals surface area contributed by atoms with Gasteiger partial charge in [-0.1, -0.05) is 0 Å². The summed E-state index contributed by atoms with van der Waals surface area (Å²) in [5.74, 6) is 0. The molecular weight excluding hydrogens is 258 g/mol. The lowest BCUT2D eigenvalue weighted by molar-refractivity contribution is 0.110. The van der Waals surface area contributed by atoms with Gasteiger partial charge in [0.05, 0.1) is 12.3 Å². The van der Waals surface area contributed by atoms with E-state index in [0.29, 0.717) is 23.7 Å². The van der Waals surface area contributed by atoms with E-state index < -0.39 is 0 Å². The Morgan fingerprint density at radius 3 is 3.25 bits per heavy atom. The van der Waals surface area contributed by atoms with Crippen molar-refractivity contribution >= 4 is 11.0 Å². The average Bonchev–Trinajstić information content (AvgIpc) is 3.08. The minimum atomic E-state index is -0.0398. The molecule has 2 aromatic rings. The van der Waals surface area contributed by atoms with Crippen molar-refractivity contribution in [2.45, 2.75) is 25.5 Å². The highest BCUT2D eigenvalue weighted by Gasteiger charge is 2.14. The predicted molar refractivity (Wildman–Crippen MR) is 74.6 cm³/mol. The summed E-state index contributed by atoms with van der Waals surface area (Å²) in [6.07, 6.45) is 5.75. The Morgan fingerprint density at radius 2 is 2.45 bits per heavy atom. The van der Waals surface area contributed by atoms with Gasteiger partial charge in [0.15, 0.2) is 5.65 Å². The lowest BCUT2D eigenvalue weighted by Gasteiger charge is -2.11. The van der Waals surface area contributed by atoms with Crippen molar-refractivity contribution in [1.82, 2.24) is 24.6 Å². The van der Waals surface area contributed by atoms with E-state index in [0.717, 1.165) is 32.5 Å². The second-order valence-corrected chi connectivity index (χ2v) is 5.09. The molecule has 0 bridgehead atoms. The van der Waals surface area contributed by atoms with Crippen LogP contribution in [-0.4, -0.2) is 45.1 Å². The number of hydrogen-bond acceptors (Lipinski definition) is 5. The van der Waals surface area contributed by atoms with Crippen molar-refractivity contribution in [3.63, 3.8) is 0 Å². The fraction of sp³-hybridized carbons (Fsp3) is 0.615. The molecule has 1 aliphatic rings. The van der Waals surface area contributed by atoms with Crippen LogP contribution < -0.4 is 10.9 Å². The highest BCUT2D eigenvalue weighted by atomic mass is 16.5.